The molecule has 1 aliphatic rings. The van der Waals surface area contributed by atoms with Crippen LogP contribution in [0.3, 0.4) is 0 Å². The number of aliphatic imine (C=N–C) groups is 1. The molecule has 4 nitrogen and oxygen atoms in total. The van der Waals surface area contributed by atoms with Crippen LogP contribution in [0.4, 0.5) is 0 Å². The van der Waals surface area contributed by atoms with Gasteiger partial charge in [-0.05, 0) is 19.3 Å². The summed E-state index contributed by atoms with van der Waals surface area (Å²) in [5.74, 6) is 0.513. The number of nitrogens with zero attached hydrogens (tertiary/aromatic N) is 3. The van der Waals surface area contributed by atoms with Crippen molar-refractivity contribution in [2.45, 2.75) is 19.3 Å². The van der Waals surface area contributed by atoms with Gasteiger partial charge < -0.3 is 10.3 Å². The lowest BCUT2D eigenvalue weighted by molar-refractivity contribution is 0.755. The van der Waals surface area contributed by atoms with Crippen LogP contribution < -0.4 is 5.73 Å². The molecule has 0 fully saturated rings. The Labute approximate surface area is 83.2 Å². The zero-order valence-electron chi connectivity index (χ0n) is 8.27. The van der Waals surface area contributed by atoms with Crippen molar-refractivity contribution in [3.63, 3.8) is 0 Å². The van der Waals surface area contributed by atoms with Gasteiger partial charge in [0.05, 0.1) is 6.33 Å². The number of nitrogens with two attached hydrogens (primary N) is 1. The summed E-state index contributed by atoms with van der Waals surface area (Å²) in [4.78, 5) is 8.39. The van der Waals surface area contributed by atoms with E-state index in [9.17, 15) is 0 Å². The van der Waals surface area contributed by atoms with Crippen LogP contribution in [0.15, 0.2) is 23.6 Å². The van der Waals surface area contributed by atoms with Crippen LogP contribution >= 0.6 is 0 Å². The Kier molecular flexibility index (Phi) is 2.35. The molecule has 1 aromatic heterocycles. The van der Waals surface area contributed by atoms with Crippen LogP contribution in [-0.4, -0.2) is 15.4 Å². The van der Waals surface area contributed by atoms with Gasteiger partial charge in [0.25, 0.3) is 0 Å². The molecule has 14 heavy (non-hydrogen) atoms. The van der Waals surface area contributed by atoms with E-state index in [1.165, 1.54) is 5.69 Å². The maximum Gasteiger partial charge on any atom is 0.151 e. The fraction of sp³-hybridized carbons (Fsp3) is 0.400. The predicted molar refractivity (Wildman–Crippen MR) is 56.0 cm³/mol. The Hall–Kier alpha value is -1.58. The number of fused-ring (bicyclic) bond motifs is 1. The van der Waals surface area contributed by atoms with Gasteiger partial charge in [-0.25, -0.2) is 9.98 Å². The Morgan fingerprint density at radius 1 is 1.50 bits per heavy atom. The third-order valence-electron chi connectivity index (χ3n) is 2.41. The quantitative estimate of drug-likeness (QED) is 0.663. The number of aryl methyl sites for hydroxylation is 1. The Morgan fingerprint density at radius 2 is 2.36 bits per heavy atom. The highest BCUT2D eigenvalue weighted by atomic mass is 15.1. The maximum absolute atomic E-state index is 5.82. The monoisotopic (exact) mass is 190 g/mol. The molecule has 0 bridgehead atoms. The van der Waals surface area contributed by atoms with Crippen LogP contribution in [0.1, 0.15) is 24.2 Å². The number of amidine groups is 1. The molecule has 1 aliphatic heterocycles. The Bertz CT molecular complexity index is 387. The van der Waals surface area contributed by atoms with Crippen molar-refractivity contribution < 1.29 is 0 Å². The van der Waals surface area contributed by atoms with E-state index in [0.29, 0.717) is 5.84 Å². The van der Waals surface area contributed by atoms with Crippen molar-refractivity contribution in [3.05, 3.63) is 30.0 Å². The Balaban J connectivity index is 2.46. The summed E-state index contributed by atoms with van der Waals surface area (Å²) in [5, 5.41) is 0. The Morgan fingerprint density at radius 3 is 3.21 bits per heavy atom. The van der Waals surface area contributed by atoms with Crippen molar-refractivity contribution in [2.24, 2.45) is 17.8 Å². The van der Waals surface area contributed by atoms with E-state index in [2.05, 4.69) is 9.98 Å². The summed E-state index contributed by atoms with van der Waals surface area (Å²) in [6, 6.07) is 0. The molecule has 2 heterocycles. The first kappa shape index (κ1) is 8.99. The minimum absolute atomic E-state index is 0.513. The average Bonchev–Trinajstić information content (AvgIpc) is 2.55. The van der Waals surface area contributed by atoms with E-state index in [1.807, 2.05) is 17.7 Å². The van der Waals surface area contributed by atoms with Gasteiger partial charge in [-0.3, -0.25) is 0 Å². The van der Waals surface area contributed by atoms with Gasteiger partial charge in [-0.1, -0.05) is 6.08 Å². The highest BCUT2D eigenvalue weighted by Gasteiger charge is 2.12. The molecule has 0 aliphatic carbocycles. The zero-order valence-corrected chi connectivity index (χ0v) is 8.27. The third kappa shape index (κ3) is 1.55. The van der Waals surface area contributed by atoms with Crippen molar-refractivity contribution in [1.29, 1.82) is 0 Å². The van der Waals surface area contributed by atoms with E-state index < -0.39 is 0 Å². The largest absolute Gasteiger partial charge is 0.382 e. The number of allylic oxidation sites excluding steroid dienone is 1. The van der Waals surface area contributed by atoms with Gasteiger partial charge in [-0.2, -0.15) is 0 Å². The van der Waals surface area contributed by atoms with Gasteiger partial charge in [0.1, 0.15) is 5.69 Å². The van der Waals surface area contributed by atoms with Gasteiger partial charge in [-0.15, -0.1) is 0 Å². The van der Waals surface area contributed by atoms with Crippen LogP contribution in [-0.2, 0) is 13.5 Å². The first-order valence-electron chi connectivity index (χ1n) is 4.78. The van der Waals surface area contributed by atoms with E-state index in [0.717, 1.165) is 25.0 Å². The molecule has 0 amide bonds. The molecule has 0 aromatic carbocycles. The first-order chi connectivity index (χ1) is 6.79. The molecule has 0 unspecified atom stereocenters. The second-order valence-electron chi connectivity index (χ2n) is 3.44. The first-order valence-corrected chi connectivity index (χ1v) is 4.78. The average molecular weight is 190 g/mol. The third-order valence-corrected chi connectivity index (χ3v) is 2.41. The van der Waals surface area contributed by atoms with Crippen molar-refractivity contribution in [1.82, 2.24) is 9.55 Å². The normalized spacial score (nSPS) is 18.8. The van der Waals surface area contributed by atoms with E-state index in [1.54, 1.807) is 12.5 Å². The van der Waals surface area contributed by atoms with E-state index in [4.69, 9.17) is 5.73 Å². The van der Waals surface area contributed by atoms with Crippen molar-refractivity contribution in [3.8, 4) is 0 Å². The standard InChI is InChI=1S/C10H14N4/c1-14-7-13-9-8(14)5-3-2-4-6-12-10(9)11/h4,6-7H,2-3,5H2,1H3,(H2,11,12)/b6-4+. The maximum atomic E-state index is 5.82. The predicted octanol–water partition coefficient (Wildman–Crippen LogP) is 0.975. The molecule has 4 heteroatoms. The fourth-order valence-electron chi connectivity index (χ4n) is 1.62. The van der Waals surface area contributed by atoms with Gasteiger partial charge >= 0.3 is 0 Å². The number of aromatic nitrogens is 2. The number of hydrogen-bond acceptors (Lipinski definition) is 3. The second-order valence-corrected chi connectivity index (χ2v) is 3.44. The number of rotatable bonds is 0. The highest BCUT2D eigenvalue weighted by Crippen LogP contribution is 2.12. The smallest absolute Gasteiger partial charge is 0.151 e. The lowest BCUT2D eigenvalue weighted by Crippen LogP contribution is -2.16. The number of imidazole rings is 1. The molecule has 2 N–H and O–H groups in total. The second kappa shape index (κ2) is 3.65. The summed E-state index contributed by atoms with van der Waals surface area (Å²) in [7, 11) is 1.99. The zero-order chi connectivity index (χ0) is 9.97. The summed E-state index contributed by atoms with van der Waals surface area (Å²) in [6.07, 6.45) is 8.76. The SMILES string of the molecule is Cn1cnc2c1CCC/C=C/N=C2N. The van der Waals surface area contributed by atoms with Crippen molar-refractivity contribution >= 4 is 5.84 Å². The van der Waals surface area contributed by atoms with Gasteiger partial charge in [0, 0.05) is 18.9 Å². The van der Waals surface area contributed by atoms with Gasteiger partial charge in [0.15, 0.2) is 5.84 Å². The van der Waals surface area contributed by atoms with Crippen LogP contribution in [0.25, 0.3) is 0 Å². The summed E-state index contributed by atoms with van der Waals surface area (Å²) in [5.41, 5.74) is 7.83. The highest BCUT2D eigenvalue weighted by molar-refractivity contribution is 5.97. The topological polar surface area (TPSA) is 56.2 Å². The van der Waals surface area contributed by atoms with E-state index >= 15 is 0 Å². The molecule has 0 saturated carbocycles. The molecular formula is C10H14N4. The molecule has 0 radical (unpaired) electrons. The molecule has 0 spiro atoms. The summed E-state index contributed by atoms with van der Waals surface area (Å²) in [6.45, 7) is 0. The fourth-order valence-corrected chi connectivity index (χ4v) is 1.62. The summed E-state index contributed by atoms with van der Waals surface area (Å²) >= 11 is 0. The molecule has 0 saturated heterocycles. The molecule has 0 atom stereocenters. The molecular weight excluding hydrogens is 176 g/mol. The minimum atomic E-state index is 0.513. The van der Waals surface area contributed by atoms with Crippen LogP contribution in [0.2, 0.25) is 0 Å². The van der Waals surface area contributed by atoms with Crippen LogP contribution in [0.5, 0.6) is 0 Å². The molecule has 2 rings (SSSR count). The van der Waals surface area contributed by atoms with E-state index in [-0.39, 0.29) is 0 Å². The number of hydrogen-bond donors (Lipinski definition) is 1. The van der Waals surface area contributed by atoms with Crippen molar-refractivity contribution in [2.75, 3.05) is 0 Å². The minimum Gasteiger partial charge on any atom is -0.382 e. The van der Waals surface area contributed by atoms with Gasteiger partial charge in [0.2, 0.25) is 0 Å². The summed E-state index contributed by atoms with van der Waals surface area (Å²) < 4.78 is 2.02. The lowest BCUT2D eigenvalue weighted by atomic mass is 10.1. The van der Waals surface area contributed by atoms with Crippen LogP contribution in [0, 0.1) is 0 Å². The molecule has 1 aromatic rings. The molecule has 74 valence electrons. The lowest BCUT2D eigenvalue weighted by Gasteiger charge is -2.03.